The molecular weight excluding hydrogens is 334 g/mol. The van der Waals surface area contributed by atoms with Crippen molar-refractivity contribution < 1.29 is 9.42 Å². The smallest absolute Gasteiger partial charge is 0.276 e. The molecule has 4 rings (SSSR count). The number of likely N-dealkylation sites (tertiary alicyclic amines) is 1. The van der Waals surface area contributed by atoms with Crippen LogP contribution in [-0.4, -0.2) is 49.2 Å². The van der Waals surface area contributed by atoms with Crippen LogP contribution in [-0.2, 0) is 0 Å². The minimum Gasteiger partial charge on any atom is -0.378 e. The quantitative estimate of drug-likeness (QED) is 0.764. The Morgan fingerprint density at radius 2 is 1.77 bits per heavy atom. The third-order valence-electron chi connectivity index (χ3n) is 4.51. The molecule has 9 heteroatoms. The molecule has 1 aliphatic heterocycles. The van der Waals surface area contributed by atoms with E-state index in [4.69, 9.17) is 5.73 Å². The molecule has 3 aromatic rings. The van der Waals surface area contributed by atoms with Crippen LogP contribution >= 0.6 is 0 Å². The SMILES string of the molecule is Nc1nonc1-n1nnc(C(=O)N2CCCCCC2)c1-c1ccccc1. The van der Waals surface area contributed by atoms with E-state index in [2.05, 4.69) is 25.3 Å². The molecule has 0 aliphatic carbocycles. The molecule has 2 aromatic heterocycles. The average Bonchev–Trinajstić information content (AvgIpc) is 3.18. The number of nitrogens with zero attached hydrogens (tertiary/aromatic N) is 6. The fourth-order valence-corrected chi connectivity index (χ4v) is 3.19. The molecule has 0 atom stereocenters. The molecule has 2 N–H and O–H groups in total. The van der Waals surface area contributed by atoms with Gasteiger partial charge < -0.3 is 10.6 Å². The van der Waals surface area contributed by atoms with Gasteiger partial charge in [0.1, 0.15) is 5.69 Å². The van der Waals surface area contributed by atoms with E-state index in [0.717, 1.165) is 44.3 Å². The van der Waals surface area contributed by atoms with Gasteiger partial charge in [0.25, 0.3) is 5.91 Å². The Bertz CT molecular complexity index is 895. The Labute approximate surface area is 149 Å². The van der Waals surface area contributed by atoms with E-state index in [0.29, 0.717) is 5.69 Å². The highest BCUT2D eigenvalue weighted by Crippen LogP contribution is 2.27. The van der Waals surface area contributed by atoms with E-state index in [9.17, 15) is 4.79 Å². The Balaban J connectivity index is 1.81. The standard InChI is InChI=1S/C17H19N7O2/c18-15-16(21-26-20-15)24-14(12-8-4-3-5-9-12)13(19-22-24)17(25)23-10-6-1-2-7-11-23/h3-5,8-9H,1-2,6-7,10-11H2,(H2,18,20). The number of anilines is 1. The second kappa shape index (κ2) is 6.95. The van der Waals surface area contributed by atoms with Crippen molar-refractivity contribution in [3.05, 3.63) is 36.0 Å². The first-order valence-corrected chi connectivity index (χ1v) is 8.64. The van der Waals surface area contributed by atoms with Crippen molar-refractivity contribution in [3.63, 3.8) is 0 Å². The van der Waals surface area contributed by atoms with Crippen molar-refractivity contribution in [1.29, 1.82) is 0 Å². The summed E-state index contributed by atoms with van der Waals surface area (Å²) in [4.78, 5) is 15.0. The van der Waals surface area contributed by atoms with Crippen molar-refractivity contribution in [2.75, 3.05) is 18.8 Å². The molecule has 0 saturated carbocycles. The molecule has 1 amide bonds. The monoisotopic (exact) mass is 353 g/mol. The van der Waals surface area contributed by atoms with Gasteiger partial charge in [0.15, 0.2) is 5.69 Å². The Kier molecular flexibility index (Phi) is 4.34. The fourth-order valence-electron chi connectivity index (χ4n) is 3.19. The third kappa shape index (κ3) is 2.92. The summed E-state index contributed by atoms with van der Waals surface area (Å²) in [6, 6.07) is 9.45. The predicted molar refractivity (Wildman–Crippen MR) is 93.4 cm³/mol. The maximum absolute atomic E-state index is 13.1. The van der Waals surface area contributed by atoms with Crippen molar-refractivity contribution in [3.8, 4) is 17.1 Å². The van der Waals surface area contributed by atoms with Gasteiger partial charge in [-0.3, -0.25) is 4.79 Å². The lowest BCUT2D eigenvalue weighted by atomic mass is 10.1. The van der Waals surface area contributed by atoms with Crippen molar-refractivity contribution in [2.24, 2.45) is 0 Å². The minimum atomic E-state index is -0.132. The molecule has 3 heterocycles. The maximum Gasteiger partial charge on any atom is 0.276 e. The second-order valence-corrected chi connectivity index (χ2v) is 6.24. The Hall–Kier alpha value is -3.23. The summed E-state index contributed by atoms with van der Waals surface area (Å²) >= 11 is 0. The zero-order chi connectivity index (χ0) is 17.9. The number of rotatable bonds is 3. The summed E-state index contributed by atoms with van der Waals surface area (Å²) < 4.78 is 6.09. The van der Waals surface area contributed by atoms with E-state index in [1.165, 1.54) is 4.68 Å². The molecular formula is C17H19N7O2. The first kappa shape index (κ1) is 16.2. The summed E-state index contributed by atoms with van der Waals surface area (Å²) in [7, 11) is 0. The molecule has 0 spiro atoms. The van der Waals surface area contributed by atoms with Gasteiger partial charge in [-0.15, -0.1) is 5.10 Å². The molecule has 1 saturated heterocycles. The normalized spacial score (nSPS) is 15.0. The molecule has 0 unspecified atom stereocenters. The number of carbonyl (C=O) groups is 1. The van der Waals surface area contributed by atoms with E-state index in [-0.39, 0.29) is 23.2 Å². The first-order valence-electron chi connectivity index (χ1n) is 8.64. The number of amides is 1. The van der Waals surface area contributed by atoms with Gasteiger partial charge in [-0.1, -0.05) is 48.4 Å². The van der Waals surface area contributed by atoms with Crippen LogP contribution in [0.2, 0.25) is 0 Å². The van der Waals surface area contributed by atoms with Crippen LogP contribution in [0.3, 0.4) is 0 Å². The number of aromatic nitrogens is 5. The summed E-state index contributed by atoms with van der Waals surface area (Å²) in [5.74, 6) is 0.166. The zero-order valence-electron chi connectivity index (χ0n) is 14.2. The van der Waals surface area contributed by atoms with Gasteiger partial charge in [-0.2, -0.15) is 4.68 Å². The Morgan fingerprint density at radius 1 is 1.04 bits per heavy atom. The number of nitrogens with two attached hydrogens (primary N) is 1. The van der Waals surface area contributed by atoms with Gasteiger partial charge >= 0.3 is 0 Å². The van der Waals surface area contributed by atoms with Crippen LogP contribution in [0.1, 0.15) is 36.2 Å². The van der Waals surface area contributed by atoms with Gasteiger partial charge in [0.2, 0.25) is 11.6 Å². The number of hydrogen-bond acceptors (Lipinski definition) is 7. The molecule has 134 valence electrons. The lowest BCUT2D eigenvalue weighted by Crippen LogP contribution is -2.32. The average molecular weight is 353 g/mol. The minimum absolute atomic E-state index is 0.0841. The lowest BCUT2D eigenvalue weighted by molar-refractivity contribution is 0.0756. The molecule has 1 aromatic carbocycles. The van der Waals surface area contributed by atoms with Crippen LogP contribution in [0.5, 0.6) is 0 Å². The highest BCUT2D eigenvalue weighted by atomic mass is 16.6. The highest BCUT2D eigenvalue weighted by molar-refractivity contribution is 5.98. The second-order valence-electron chi connectivity index (χ2n) is 6.24. The third-order valence-corrected chi connectivity index (χ3v) is 4.51. The van der Waals surface area contributed by atoms with Gasteiger partial charge in [0.05, 0.1) is 0 Å². The lowest BCUT2D eigenvalue weighted by Gasteiger charge is -2.19. The maximum atomic E-state index is 13.1. The Morgan fingerprint density at radius 3 is 2.42 bits per heavy atom. The summed E-state index contributed by atoms with van der Waals surface area (Å²) in [5, 5.41) is 15.7. The molecule has 26 heavy (non-hydrogen) atoms. The van der Waals surface area contributed by atoms with Crippen LogP contribution in [0.25, 0.3) is 17.1 Å². The molecule has 9 nitrogen and oxygen atoms in total. The highest BCUT2D eigenvalue weighted by Gasteiger charge is 2.28. The van der Waals surface area contributed by atoms with E-state index >= 15 is 0 Å². The van der Waals surface area contributed by atoms with Gasteiger partial charge in [-0.25, -0.2) is 4.63 Å². The number of carbonyl (C=O) groups excluding carboxylic acids is 1. The van der Waals surface area contributed by atoms with E-state index in [1.54, 1.807) is 0 Å². The van der Waals surface area contributed by atoms with E-state index in [1.807, 2.05) is 35.2 Å². The van der Waals surface area contributed by atoms with Gasteiger partial charge in [0, 0.05) is 18.7 Å². The van der Waals surface area contributed by atoms with Crippen molar-refractivity contribution in [1.82, 2.24) is 30.2 Å². The molecule has 1 fully saturated rings. The van der Waals surface area contributed by atoms with Crippen LogP contribution in [0, 0.1) is 0 Å². The topological polar surface area (TPSA) is 116 Å². The van der Waals surface area contributed by atoms with Crippen LogP contribution < -0.4 is 5.73 Å². The number of benzene rings is 1. The molecule has 0 radical (unpaired) electrons. The number of hydrogen-bond donors (Lipinski definition) is 1. The van der Waals surface area contributed by atoms with Crippen molar-refractivity contribution >= 4 is 11.7 Å². The number of nitrogen functional groups attached to an aromatic ring is 1. The van der Waals surface area contributed by atoms with Crippen LogP contribution in [0.15, 0.2) is 35.0 Å². The molecule has 0 bridgehead atoms. The fraction of sp³-hybridized carbons (Fsp3) is 0.353. The van der Waals surface area contributed by atoms with Crippen LogP contribution in [0.4, 0.5) is 5.82 Å². The summed E-state index contributed by atoms with van der Waals surface area (Å²) in [6.45, 7) is 1.46. The largest absolute Gasteiger partial charge is 0.378 e. The van der Waals surface area contributed by atoms with Crippen molar-refractivity contribution in [2.45, 2.75) is 25.7 Å². The summed E-state index contributed by atoms with van der Waals surface area (Å²) in [6.07, 6.45) is 4.29. The van der Waals surface area contributed by atoms with Gasteiger partial charge in [-0.05, 0) is 23.2 Å². The van der Waals surface area contributed by atoms with E-state index < -0.39 is 0 Å². The first-order chi connectivity index (χ1) is 12.8. The predicted octanol–water partition coefficient (Wildman–Crippen LogP) is 1.92. The summed E-state index contributed by atoms with van der Waals surface area (Å²) in [5.41, 5.74) is 7.42. The molecule has 1 aliphatic rings. The zero-order valence-corrected chi connectivity index (χ0v) is 14.2.